The fourth-order valence-corrected chi connectivity index (χ4v) is 2.58. The summed E-state index contributed by atoms with van der Waals surface area (Å²) in [6.07, 6.45) is 6.33. The first-order valence-corrected chi connectivity index (χ1v) is 6.57. The van der Waals surface area contributed by atoms with Gasteiger partial charge in [-0.25, -0.2) is 4.98 Å². The molecule has 1 aliphatic rings. The molecule has 1 N–H and O–H groups in total. The van der Waals surface area contributed by atoms with E-state index in [0.29, 0.717) is 6.04 Å². The Morgan fingerprint density at radius 1 is 1.28 bits per heavy atom. The molecule has 0 unspecified atom stereocenters. The average molecular weight is 241 g/mol. The number of aryl methyl sites for hydroxylation is 1. The molecule has 1 aliphatic carbocycles. The number of benzene rings is 1. The zero-order valence-corrected chi connectivity index (χ0v) is 10.7. The molecule has 0 amide bonds. The Kier molecular flexibility index (Phi) is 3.15. The SMILES string of the molecule is Cn1ccnc1CNC1CC(c2ccccc2)C1. The van der Waals surface area contributed by atoms with Gasteiger partial charge in [0.1, 0.15) is 5.82 Å². The van der Waals surface area contributed by atoms with Gasteiger partial charge in [-0.3, -0.25) is 0 Å². The van der Waals surface area contributed by atoms with Crippen LogP contribution in [0.4, 0.5) is 0 Å². The summed E-state index contributed by atoms with van der Waals surface area (Å²) in [5, 5.41) is 3.58. The number of nitrogens with zero attached hydrogens (tertiary/aromatic N) is 2. The van der Waals surface area contributed by atoms with Gasteiger partial charge in [0.2, 0.25) is 0 Å². The molecule has 1 fully saturated rings. The minimum absolute atomic E-state index is 0.645. The van der Waals surface area contributed by atoms with Gasteiger partial charge < -0.3 is 9.88 Å². The van der Waals surface area contributed by atoms with E-state index >= 15 is 0 Å². The van der Waals surface area contributed by atoms with Crippen molar-refractivity contribution in [1.29, 1.82) is 0 Å². The second-order valence-electron chi connectivity index (χ2n) is 5.11. The summed E-state index contributed by atoms with van der Waals surface area (Å²) >= 11 is 0. The van der Waals surface area contributed by atoms with Gasteiger partial charge in [-0.1, -0.05) is 30.3 Å². The largest absolute Gasteiger partial charge is 0.337 e. The lowest BCUT2D eigenvalue weighted by Gasteiger charge is -2.36. The first-order chi connectivity index (χ1) is 8.83. The van der Waals surface area contributed by atoms with Crippen LogP contribution in [0.1, 0.15) is 30.1 Å². The molecule has 18 heavy (non-hydrogen) atoms. The van der Waals surface area contributed by atoms with Crippen LogP contribution < -0.4 is 5.32 Å². The first kappa shape index (κ1) is 11.5. The Labute approximate surface area is 108 Å². The van der Waals surface area contributed by atoms with Crippen LogP contribution in [0, 0.1) is 0 Å². The summed E-state index contributed by atoms with van der Waals surface area (Å²) in [6, 6.07) is 11.5. The van der Waals surface area contributed by atoms with E-state index in [9.17, 15) is 0 Å². The van der Waals surface area contributed by atoms with Crippen LogP contribution in [0.2, 0.25) is 0 Å². The molecule has 2 aromatic rings. The van der Waals surface area contributed by atoms with Crippen molar-refractivity contribution in [2.24, 2.45) is 7.05 Å². The van der Waals surface area contributed by atoms with E-state index < -0.39 is 0 Å². The molecular weight excluding hydrogens is 222 g/mol. The summed E-state index contributed by atoms with van der Waals surface area (Å²) in [4.78, 5) is 4.32. The first-order valence-electron chi connectivity index (χ1n) is 6.57. The molecule has 1 aromatic carbocycles. The summed E-state index contributed by atoms with van der Waals surface area (Å²) < 4.78 is 2.07. The van der Waals surface area contributed by atoms with Crippen molar-refractivity contribution < 1.29 is 0 Å². The van der Waals surface area contributed by atoms with Crippen molar-refractivity contribution in [3.8, 4) is 0 Å². The van der Waals surface area contributed by atoms with Gasteiger partial charge in [0.15, 0.2) is 0 Å². The van der Waals surface area contributed by atoms with Gasteiger partial charge >= 0.3 is 0 Å². The highest BCUT2D eigenvalue weighted by atomic mass is 15.1. The van der Waals surface area contributed by atoms with Crippen LogP contribution in [-0.2, 0) is 13.6 Å². The molecule has 0 aliphatic heterocycles. The summed E-state index contributed by atoms with van der Waals surface area (Å²) in [7, 11) is 2.04. The highest BCUT2D eigenvalue weighted by Gasteiger charge is 2.29. The third kappa shape index (κ3) is 2.31. The van der Waals surface area contributed by atoms with Crippen molar-refractivity contribution in [2.75, 3.05) is 0 Å². The Balaban J connectivity index is 1.47. The minimum atomic E-state index is 0.645. The van der Waals surface area contributed by atoms with Crippen molar-refractivity contribution in [1.82, 2.24) is 14.9 Å². The predicted octanol–water partition coefficient (Wildman–Crippen LogP) is 2.46. The molecule has 1 heterocycles. The van der Waals surface area contributed by atoms with Crippen molar-refractivity contribution in [2.45, 2.75) is 31.3 Å². The zero-order valence-electron chi connectivity index (χ0n) is 10.7. The minimum Gasteiger partial charge on any atom is -0.337 e. The van der Waals surface area contributed by atoms with Crippen molar-refractivity contribution in [3.63, 3.8) is 0 Å². The molecule has 3 nitrogen and oxygen atoms in total. The zero-order chi connectivity index (χ0) is 12.4. The van der Waals surface area contributed by atoms with E-state index in [-0.39, 0.29) is 0 Å². The van der Waals surface area contributed by atoms with Crippen molar-refractivity contribution >= 4 is 0 Å². The Hall–Kier alpha value is -1.61. The quantitative estimate of drug-likeness (QED) is 0.891. The molecule has 0 radical (unpaired) electrons. The van der Waals surface area contributed by atoms with E-state index in [4.69, 9.17) is 0 Å². The Morgan fingerprint density at radius 3 is 2.72 bits per heavy atom. The maximum Gasteiger partial charge on any atom is 0.122 e. The third-order valence-corrected chi connectivity index (χ3v) is 3.88. The van der Waals surface area contributed by atoms with E-state index in [1.165, 1.54) is 18.4 Å². The molecule has 1 saturated carbocycles. The molecule has 0 bridgehead atoms. The van der Waals surface area contributed by atoms with E-state index in [0.717, 1.165) is 18.3 Å². The van der Waals surface area contributed by atoms with Gasteiger partial charge in [0, 0.05) is 25.5 Å². The smallest absolute Gasteiger partial charge is 0.122 e. The third-order valence-electron chi connectivity index (χ3n) is 3.88. The average Bonchev–Trinajstić information content (AvgIpc) is 2.74. The highest BCUT2D eigenvalue weighted by molar-refractivity contribution is 5.22. The highest BCUT2D eigenvalue weighted by Crippen LogP contribution is 2.36. The van der Waals surface area contributed by atoms with Crippen LogP contribution in [0.3, 0.4) is 0 Å². The number of hydrogen-bond acceptors (Lipinski definition) is 2. The fourth-order valence-electron chi connectivity index (χ4n) is 2.58. The number of imidazole rings is 1. The number of hydrogen-bond donors (Lipinski definition) is 1. The molecule has 0 atom stereocenters. The molecule has 94 valence electrons. The van der Waals surface area contributed by atoms with E-state index in [2.05, 4.69) is 45.2 Å². The molecule has 1 aromatic heterocycles. The van der Waals surface area contributed by atoms with Gasteiger partial charge in [-0.15, -0.1) is 0 Å². The van der Waals surface area contributed by atoms with Gasteiger partial charge in [0.05, 0.1) is 6.54 Å². The standard InChI is InChI=1S/C15H19N3/c1-18-8-7-16-15(18)11-17-14-9-13(10-14)12-5-3-2-4-6-12/h2-8,13-14,17H,9-11H2,1H3. The summed E-state index contributed by atoms with van der Waals surface area (Å²) in [5.74, 6) is 1.85. The second-order valence-corrected chi connectivity index (χ2v) is 5.11. The lowest BCUT2D eigenvalue weighted by Crippen LogP contribution is -2.40. The number of aromatic nitrogens is 2. The lowest BCUT2D eigenvalue weighted by atomic mass is 9.76. The Bertz CT molecular complexity index is 497. The maximum absolute atomic E-state index is 4.32. The van der Waals surface area contributed by atoms with Crippen LogP contribution in [-0.4, -0.2) is 15.6 Å². The second kappa shape index (κ2) is 4.94. The van der Waals surface area contributed by atoms with Crippen LogP contribution in [0.5, 0.6) is 0 Å². The predicted molar refractivity (Wildman–Crippen MR) is 72.3 cm³/mol. The molecule has 3 rings (SSSR count). The normalized spacial score (nSPS) is 22.7. The Morgan fingerprint density at radius 2 is 2.06 bits per heavy atom. The molecule has 0 saturated heterocycles. The maximum atomic E-state index is 4.32. The van der Waals surface area contributed by atoms with Crippen LogP contribution in [0.25, 0.3) is 0 Å². The number of rotatable bonds is 4. The topological polar surface area (TPSA) is 29.9 Å². The van der Waals surface area contributed by atoms with Crippen molar-refractivity contribution in [3.05, 3.63) is 54.1 Å². The summed E-state index contributed by atoms with van der Waals surface area (Å²) in [6.45, 7) is 0.871. The molecule has 3 heteroatoms. The van der Waals surface area contributed by atoms with E-state index in [1.807, 2.05) is 19.4 Å². The van der Waals surface area contributed by atoms with Crippen LogP contribution >= 0.6 is 0 Å². The number of nitrogens with one attached hydrogen (secondary N) is 1. The fraction of sp³-hybridized carbons (Fsp3) is 0.400. The van der Waals surface area contributed by atoms with Crippen LogP contribution in [0.15, 0.2) is 42.7 Å². The monoisotopic (exact) mass is 241 g/mol. The summed E-state index contributed by atoms with van der Waals surface area (Å²) in [5.41, 5.74) is 1.48. The van der Waals surface area contributed by atoms with E-state index in [1.54, 1.807) is 0 Å². The van der Waals surface area contributed by atoms with Gasteiger partial charge in [-0.2, -0.15) is 0 Å². The lowest BCUT2D eigenvalue weighted by molar-refractivity contribution is 0.286. The molecule has 0 spiro atoms. The molecular formula is C15H19N3. The van der Waals surface area contributed by atoms with Gasteiger partial charge in [-0.05, 0) is 24.3 Å². The van der Waals surface area contributed by atoms with Gasteiger partial charge in [0.25, 0.3) is 0 Å².